The summed E-state index contributed by atoms with van der Waals surface area (Å²) in [5.41, 5.74) is -0.617. The summed E-state index contributed by atoms with van der Waals surface area (Å²) in [5, 5.41) is 23.3. The number of hydrogen-bond acceptors (Lipinski definition) is 5. The second-order valence-electron chi connectivity index (χ2n) is 3.30. The topological polar surface area (TPSA) is 106 Å². The summed E-state index contributed by atoms with van der Waals surface area (Å²) >= 11 is 5.75. The zero-order chi connectivity index (χ0) is 13.3. The Kier molecular flexibility index (Phi) is 2.99. The monoisotopic (exact) mass is 268 g/mol. The molecule has 0 spiro atoms. The molecule has 1 heterocycles. The molecule has 7 nitrogen and oxygen atoms in total. The van der Waals surface area contributed by atoms with E-state index < -0.39 is 16.6 Å². The molecule has 1 N–H and O–H groups in total. The number of aromatic nitrogens is 1. The predicted molar refractivity (Wildman–Crippen MR) is 60.6 cm³/mol. The molecule has 0 aliphatic carbocycles. The maximum absolute atomic E-state index is 10.9. The summed E-state index contributed by atoms with van der Waals surface area (Å²) in [6.45, 7) is 0. The molecule has 0 unspecified atom stereocenters. The third kappa shape index (κ3) is 2.03. The number of carbonyl (C=O) groups is 1. The predicted octanol–water partition coefficient (Wildman–Crippen LogP) is 2.60. The number of carboxylic acid groups (broad SMARTS) is 1. The van der Waals surface area contributed by atoms with E-state index in [2.05, 4.69) is 9.68 Å². The molecule has 0 saturated heterocycles. The van der Waals surface area contributed by atoms with E-state index in [0.717, 1.165) is 6.26 Å². The zero-order valence-corrected chi connectivity index (χ0v) is 9.42. The maximum Gasteiger partial charge on any atom is 0.358 e. The number of nitrogens with zero attached hydrogens (tertiary/aromatic N) is 2. The zero-order valence-electron chi connectivity index (χ0n) is 8.66. The van der Waals surface area contributed by atoms with Crippen molar-refractivity contribution in [2.24, 2.45) is 0 Å². The molecule has 2 aromatic rings. The molecule has 92 valence electrons. The van der Waals surface area contributed by atoms with Crippen molar-refractivity contribution in [1.82, 2.24) is 5.16 Å². The second kappa shape index (κ2) is 4.46. The Morgan fingerprint density at radius 2 is 2.17 bits per heavy atom. The SMILES string of the molecule is O=C(O)c1nocc1-c1cc(Cl)ccc1[N+](=O)[O-]. The molecule has 1 aromatic carbocycles. The van der Waals surface area contributed by atoms with Crippen molar-refractivity contribution in [2.75, 3.05) is 0 Å². The van der Waals surface area contributed by atoms with E-state index in [1.54, 1.807) is 0 Å². The first kappa shape index (κ1) is 12.1. The average molecular weight is 269 g/mol. The van der Waals surface area contributed by atoms with Crippen LogP contribution in [0.25, 0.3) is 11.1 Å². The number of benzene rings is 1. The van der Waals surface area contributed by atoms with Crippen LogP contribution in [0.5, 0.6) is 0 Å². The summed E-state index contributed by atoms with van der Waals surface area (Å²) in [4.78, 5) is 21.1. The molecular formula is C10H5ClN2O5. The van der Waals surface area contributed by atoms with Crippen LogP contribution in [0.2, 0.25) is 5.02 Å². The largest absolute Gasteiger partial charge is 0.476 e. The highest BCUT2D eigenvalue weighted by molar-refractivity contribution is 6.31. The molecule has 8 heteroatoms. The van der Waals surface area contributed by atoms with Gasteiger partial charge in [0.25, 0.3) is 5.69 Å². The van der Waals surface area contributed by atoms with Gasteiger partial charge in [-0.15, -0.1) is 0 Å². The number of rotatable bonds is 3. The van der Waals surface area contributed by atoms with Crippen LogP contribution in [0.4, 0.5) is 5.69 Å². The molecule has 0 aliphatic rings. The fourth-order valence-corrected chi connectivity index (χ4v) is 1.64. The van der Waals surface area contributed by atoms with Gasteiger partial charge in [0.1, 0.15) is 6.26 Å². The lowest BCUT2D eigenvalue weighted by atomic mass is 10.0. The highest BCUT2D eigenvalue weighted by atomic mass is 35.5. The van der Waals surface area contributed by atoms with Gasteiger partial charge in [-0.2, -0.15) is 0 Å². The first-order valence-electron chi connectivity index (χ1n) is 4.62. The van der Waals surface area contributed by atoms with Crippen molar-refractivity contribution in [2.45, 2.75) is 0 Å². The van der Waals surface area contributed by atoms with Gasteiger partial charge in [-0.3, -0.25) is 10.1 Å². The van der Waals surface area contributed by atoms with Crippen LogP contribution in [0.3, 0.4) is 0 Å². The van der Waals surface area contributed by atoms with Gasteiger partial charge in [-0.25, -0.2) is 4.79 Å². The van der Waals surface area contributed by atoms with Gasteiger partial charge in [-0.1, -0.05) is 16.8 Å². The third-order valence-corrected chi connectivity index (χ3v) is 2.45. The molecule has 2 rings (SSSR count). The molecule has 0 amide bonds. The Hall–Kier alpha value is -2.41. The van der Waals surface area contributed by atoms with Gasteiger partial charge in [0.15, 0.2) is 5.69 Å². The summed E-state index contributed by atoms with van der Waals surface area (Å²) in [7, 11) is 0. The van der Waals surface area contributed by atoms with E-state index in [4.69, 9.17) is 16.7 Å². The van der Waals surface area contributed by atoms with Gasteiger partial charge < -0.3 is 9.63 Å². The Morgan fingerprint density at radius 3 is 2.78 bits per heavy atom. The average Bonchev–Trinajstić information content (AvgIpc) is 2.77. The van der Waals surface area contributed by atoms with Crippen molar-refractivity contribution in [3.05, 3.63) is 45.3 Å². The van der Waals surface area contributed by atoms with E-state index in [-0.39, 0.29) is 21.8 Å². The number of nitro groups is 1. The quantitative estimate of drug-likeness (QED) is 0.677. The van der Waals surface area contributed by atoms with E-state index >= 15 is 0 Å². The van der Waals surface area contributed by atoms with E-state index in [0.29, 0.717) is 0 Å². The Morgan fingerprint density at radius 1 is 1.44 bits per heavy atom. The Labute approximate surface area is 105 Å². The molecule has 18 heavy (non-hydrogen) atoms. The molecule has 1 aromatic heterocycles. The molecule has 0 aliphatic heterocycles. The van der Waals surface area contributed by atoms with Crippen LogP contribution in [0, 0.1) is 10.1 Å². The lowest BCUT2D eigenvalue weighted by molar-refractivity contribution is -0.384. The van der Waals surface area contributed by atoms with Crippen LogP contribution >= 0.6 is 11.6 Å². The van der Waals surface area contributed by atoms with Crippen molar-refractivity contribution >= 4 is 23.3 Å². The van der Waals surface area contributed by atoms with Crippen LogP contribution in [0.15, 0.2) is 29.0 Å². The normalized spacial score (nSPS) is 10.3. The highest BCUT2D eigenvalue weighted by Gasteiger charge is 2.24. The number of nitro benzene ring substituents is 1. The molecular weight excluding hydrogens is 264 g/mol. The number of halogens is 1. The summed E-state index contributed by atoms with van der Waals surface area (Å²) < 4.78 is 4.54. The summed E-state index contributed by atoms with van der Waals surface area (Å²) in [5.74, 6) is -1.34. The molecule has 0 radical (unpaired) electrons. The van der Waals surface area contributed by atoms with Gasteiger partial charge in [0.05, 0.1) is 16.1 Å². The molecule has 0 atom stereocenters. The first-order chi connectivity index (χ1) is 8.50. The summed E-state index contributed by atoms with van der Waals surface area (Å²) in [6.07, 6.45) is 1.03. The van der Waals surface area contributed by atoms with E-state index in [9.17, 15) is 14.9 Å². The van der Waals surface area contributed by atoms with Gasteiger partial charge in [0, 0.05) is 11.1 Å². The lowest BCUT2D eigenvalue weighted by Gasteiger charge is -2.01. The van der Waals surface area contributed by atoms with E-state index in [1.807, 2.05) is 0 Å². The van der Waals surface area contributed by atoms with Crippen molar-refractivity contribution in [3.8, 4) is 11.1 Å². The third-order valence-electron chi connectivity index (χ3n) is 2.22. The number of carboxylic acids is 1. The second-order valence-corrected chi connectivity index (χ2v) is 3.74. The molecule has 0 saturated carbocycles. The minimum absolute atomic E-state index is 0.0108. The standard InChI is InChI=1S/C10H5ClN2O5/c11-5-1-2-8(13(16)17)6(3-5)7-4-18-12-9(7)10(14)15/h1-4H,(H,14,15). The maximum atomic E-state index is 10.9. The van der Waals surface area contributed by atoms with Crippen LogP contribution < -0.4 is 0 Å². The van der Waals surface area contributed by atoms with Crippen molar-refractivity contribution < 1.29 is 19.3 Å². The smallest absolute Gasteiger partial charge is 0.358 e. The minimum atomic E-state index is -1.34. The Bertz CT molecular complexity index is 637. The van der Waals surface area contributed by atoms with Crippen LogP contribution in [-0.2, 0) is 0 Å². The minimum Gasteiger partial charge on any atom is -0.476 e. The Balaban J connectivity index is 2.69. The van der Waals surface area contributed by atoms with Crippen LogP contribution in [-0.4, -0.2) is 21.2 Å². The fourth-order valence-electron chi connectivity index (χ4n) is 1.47. The fraction of sp³-hybridized carbons (Fsp3) is 0. The van der Waals surface area contributed by atoms with Crippen molar-refractivity contribution in [3.63, 3.8) is 0 Å². The van der Waals surface area contributed by atoms with Gasteiger partial charge in [0.2, 0.25) is 0 Å². The van der Waals surface area contributed by atoms with E-state index in [1.165, 1.54) is 18.2 Å². The molecule has 0 bridgehead atoms. The summed E-state index contributed by atoms with van der Waals surface area (Å²) in [6, 6.07) is 3.83. The van der Waals surface area contributed by atoms with Crippen molar-refractivity contribution in [1.29, 1.82) is 0 Å². The highest BCUT2D eigenvalue weighted by Crippen LogP contribution is 2.34. The lowest BCUT2D eigenvalue weighted by Crippen LogP contribution is -2.00. The van der Waals surface area contributed by atoms with Gasteiger partial charge >= 0.3 is 5.97 Å². The van der Waals surface area contributed by atoms with Gasteiger partial charge in [-0.05, 0) is 12.1 Å². The number of aromatic carboxylic acids is 1. The van der Waals surface area contributed by atoms with Crippen LogP contribution in [0.1, 0.15) is 10.5 Å². The first-order valence-corrected chi connectivity index (χ1v) is 5.00. The number of hydrogen-bond donors (Lipinski definition) is 1. The molecule has 0 fully saturated rings.